The van der Waals surface area contributed by atoms with Gasteiger partial charge >= 0.3 is 5.97 Å². The monoisotopic (exact) mass is 338 g/mol. The number of ether oxygens (including phenoxy) is 1. The number of carbonyl (C=O) groups excluding carboxylic acids is 2. The largest absolute Gasteiger partial charge is 0.452 e. The van der Waals surface area contributed by atoms with E-state index in [4.69, 9.17) is 27.9 Å². The molecule has 1 amide bonds. The van der Waals surface area contributed by atoms with Crippen LogP contribution in [0.15, 0.2) is 36.5 Å². The van der Waals surface area contributed by atoms with E-state index in [9.17, 15) is 9.59 Å². The first-order valence-corrected chi connectivity index (χ1v) is 7.06. The van der Waals surface area contributed by atoms with Crippen LogP contribution in [0.1, 0.15) is 15.9 Å². The molecule has 0 bridgehead atoms. The van der Waals surface area contributed by atoms with E-state index in [1.807, 2.05) is 6.92 Å². The van der Waals surface area contributed by atoms with Gasteiger partial charge in [0.1, 0.15) is 5.15 Å². The number of nitrogens with zero attached hydrogens (tertiary/aromatic N) is 1. The van der Waals surface area contributed by atoms with Gasteiger partial charge < -0.3 is 10.1 Å². The van der Waals surface area contributed by atoms with Gasteiger partial charge in [-0.2, -0.15) is 0 Å². The SMILES string of the molecule is Cc1ccc(NC(=O)COC(=O)c2ccnc(Cl)c2)cc1Cl. The molecular weight excluding hydrogens is 327 g/mol. The molecule has 0 saturated carbocycles. The molecular formula is C15H12Cl2N2O3. The number of esters is 1. The summed E-state index contributed by atoms with van der Waals surface area (Å²) in [4.78, 5) is 27.2. The molecule has 1 aromatic carbocycles. The van der Waals surface area contributed by atoms with Gasteiger partial charge in [-0.15, -0.1) is 0 Å². The predicted octanol–water partition coefficient (Wildman–Crippen LogP) is 3.49. The zero-order chi connectivity index (χ0) is 16.1. The van der Waals surface area contributed by atoms with Crippen molar-refractivity contribution in [1.82, 2.24) is 4.98 Å². The van der Waals surface area contributed by atoms with Gasteiger partial charge in [0.05, 0.1) is 5.56 Å². The summed E-state index contributed by atoms with van der Waals surface area (Å²) in [5.74, 6) is -1.12. The smallest absolute Gasteiger partial charge is 0.338 e. The van der Waals surface area contributed by atoms with Crippen LogP contribution in [0.3, 0.4) is 0 Å². The van der Waals surface area contributed by atoms with Crippen LogP contribution in [0.2, 0.25) is 10.2 Å². The summed E-state index contributed by atoms with van der Waals surface area (Å²) < 4.78 is 4.90. The van der Waals surface area contributed by atoms with E-state index in [1.165, 1.54) is 18.3 Å². The van der Waals surface area contributed by atoms with Crippen LogP contribution < -0.4 is 5.32 Å². The molecule has 114 valence electrons. The second-order valence-corrected chi connectivity index (χ2v) is 5.25. The molecule has 0 spiro atoms. The van der Waals surface area contributed by atoms with Crippen molar-refractivity contribution < 1.29 is 14.3 Å². The molecule has 1 heterocycles. The Bertz CT molecular complexity index is 720. The van der Waals surface area contributed by atoms with Crippen molar-refractivity contribution in [1.29, 1.82) is 0 Å². The number of hydrogen-bond donors (Lipinski definition) is 1. The number of anilines is 1. The normalized spacial score (nSPS) is 10.1. The lowest BCUT2D eigenvalue weighted by molar-refractivity contribution is -0.119. The number of amides is 1. The van der Waals surface area contributed by atoms with Gasteiger partial charge in [-0.3, -0.25) is 4.79 Å². The first-order chi connectivity index (χ1) is 10.5. The van der Waals surface area contributed by atoms with Crippen LogP contribution in [-0.4, -0.2) is 23.5 Å². The molecule has 0 aliphatic heterocycles. The minimum Gasteiger partial charge on any atom is -0.452 e. The van der Waals surface area contributed by atoms with Gasteiger partial charge in [-0.25, -0.2) is 9.78 Å². The van der Waals surface area contributed by atoms with Crippen LogP contribution in [0.25, 0.3) is 0 Å². The lowest BCUT2D eigenvalue weighted by Gasteiger charge is -2.08. The van der Waals surface area contributed by atoms with Gasteiger partial charge in [-0.05, 0) is 36.8 Å². The summed E-state index contributed by atoms with van der Waals surface area (Å²) >= 11 is 11.6. The second kappa shape index (κ2) is 7.24. The van der Waals surface area contributed by atoms with Crippen LogP contribution in [0.4, 0.5) is 5.69 Å². The Balaban J connectivity index is 1.90. The van der Waals surface area contributed by atoms with Crippen LogP contribution in [-0.2, 0) is 9.53 Å². The molecule has 2 rings (SSSR count). The highest BCUT2D eigenvalue weighted by Crippen LogP contribution is 2.19. The Hall–Kier alpha value is -2.11. The lowest BCUT2D eigenvalue weighted by atomic mass is 10.2. The van der Waals surface area contributed by atoms with Gasteiger partial charge in [0.25, 0.3) is 5.91 Å². The highest BCUT2D eigenvalue weighted by molar-refractivity contribution is 6.31. The van der Waals surface area contributed by atoms with E-state index >= 15 is 0 Å². The lowest BCUT2D eigenvalue weighted by Crippen LogP contribution is -2.21. The van der Waals surface area contributed by atoms with Crippen molar-refractivity contribution in [3.8, 4) is 0 Å². The van der Waals surface area contributed by atoms with Gasteiger partial charge in [0, 0.05) is 16.9 Å². The fourth-order valence-electron chi connectivity index (χ4n) is 1.61. The summed E-state index contributed by atoms with van der Waals surface area (Å²) in [7, 11) is 0. The van der Waals surface area contributed by atoms with Crippen molar-refractivity contribution >= 4 is 40.8 Å². The summed E-state index contributed by atoms with van der Waals surface area (Å²) in [5, 5.41) is 3.31. The Labute approximate surface area is 137 Å². The number of aryl methyl sites for hydroxylation is 1. The number of nitrogens with one attached hydrogen (secondary N) is 1. The minimum absolute atomic E-state index is 0.174. The number of hydrogen-bond acceptors (Lipinski definition) is 4. The zero-order valence-electron chi connectivity index (χ0n) is 11.6. The fraction of sp³-hybridized carbons (Fsp3) is 0.133. The quantitative estimate of drug-likeness (QED) is 0.684. The van der Waals surface area contributed by atoms with E-state index in [-0.39, 0.29) is 10.7 Å². The summed E-state index contributed by atoms with van der Waals surface area (Å²) in [5.41, 5.74) is 1.66. The Kier molecular flexibility index (Phi) is 5.35. The molecule has 0 saturated heterocycles. The van der Waals surface area contributed by atoms with Crippen LogP contribution in [0, 0.1) is 6.92 Å². The Morgan fingerprint density at radius 1 is 1.23 bits per heavy atom. The number of benzene rings is 1. The standard InChI is InChI=1S/C15H12Cl2N2O3/c1-9-2-3-11(7-12(9)16)19-14(20)8-22-15(21)10-4-5-18-13(17)6-10/h2-7H,8H2,1H3,(H,19,20). The minimum atomic E-state index is -0.651. The van der Waals surface area contributed by atoms with Crippen LogP contribution in [0.5, 0.6) is 0 Å². The maximum Gasteiger partial charge on any atom is 0.338 e. The van der Waals surface area contributed by atoms with E-state index < -0.39 is 18.5 Å². The summed E-state index contributed by atoms with van der Waals surface area (Å²) in [6.07, 6.45) is 1.38. The molecule has 0 aliphatic carbocycles. The van der Waals surface area contributed by atoms with Gasteiger partial charge in [0.2, 0.25) is 0 Å². The van der Waals surface area contributed by atoms with Crippen molar-refractivity contribution in [2.24, 2.45) is 0 Å². The van der Waals surface area contributed by atoms with Gasteiger partial charge in [0.15, 0.2) is 6.61 Å². The van der Waals surface area contributed by atoms with E-state index in [1.54, 1.807) is 18.2 Å². The Morgan fingerprint density at radius 3 is 2.68 bits per heavy atom. The topological polar surface area (TPSA) is 68.3 Å². The summed E-state index contributed by atoms with van der Waals surface area (Å²) in [6.45, 7) is 1.44. The second-order valence-electron chi connectivity index (χ2n) is 4.46. The number of halogens is 2. The summed E-state index contributed by atoms with van der Waals surface area (Å²) in [6, 6.07) is 7.93. The molecule has 2 aromatic rings. The van der Waals surface area contributed by atoms with E-state index in [2.05, 4.69) is 10.3 Å². The third kappa shape index (κ3) is 4.44. The molecule has 1 aromatic heterocycles. The Morgan fingerprint density at radius 2 is 2.00 bits per heavy atom. The highest BCUT2D eigenvalue weighted by atomic mass is 35.5. The highest BCUT2D eigenvalue weighted by Gasteiger charge is 2.11. The van der Waals surface area contributed by atoms with Crippen molar-refractivity contribution in [2.75, 3.05) is 11.9 Å². The molecule has 0 atom stereocenters. The molecule has 0 fully saturated rings. The molecule has 5 nitrogen and oxygen atoms in total. The molecule has 1 N–H and O–H groups in total. The maximum absolute atomic E-state index is 11.7. The van der Waals surface area contributed by atoms with E-state index in [0.29, 0.717) is 10.7 Å². The third-order valence-electron chi connectivity index (χ3n) is 2.75. The average Bonchev–Trinajstić information content (AvgIpc) is 2.48. The molecule has 0 radical (unpaired) electrons. The van der Waals surface area contributed by atoms with Crippen molar-refractivity contribution in [2.45, 2.75) is 6.92 Å². The molecule has 7 heteroatoms. The predicted molar refractivity (Wildman–Crippen MR) is 84.3 cm³/mol. The maximum atomic E-state index is 11.7. The fourth-order valence-corrected chi connectivity index (χ4v) is 1.97. The average molecular weight is 339 g/mol. The van der Waals surface area contributed by atoms with Crippen LogP contribution >= 0.6 is 23.2 Å². The molecule has 0 unspecified atom stereocenters. The number of rotatable bonds is 4. The van der Waals surface area contributed by atoms with Crippen molar-refractivity contribution in [3.63, 3.8) is 0 Å². The number of carbonyl (C=O) groups is 2. The third-order valence-corrected chi connectivity index (χ3v) is 3.37. The molecule has 0 aliphatic rings. The first kappa shape index (κ1) is 16.3. The van der Waals surface area contributed by atoms with E-state index in [0.717, 1.165) is 5.56 Å². The zero-order valence-corrected chi connectivity index (χ0v) is 13.1. The van der Waals surface area contributed by atoms with Gasteiger partial charge in [-0.1, -0.05) is 29.3 Å². The number of pyridine rings is 1. The number of aromatic nitrogens is 1. The van der Waals surface area contributed by atoms with Crippen molar-refractivity contribution in [3.05, 3.63) is 57.8 Å². The first-order valence-electron chi connectivity index (χ1n) is 6.30. The molecule has 22 heavy (non-hydrogen) atoms.